The number of rotatable bonds is 6. The van der Waals surface area contributed by atoms with E-state index in [0.29, 0.717) is 22.5 Å². The Morgan fingerprint density at radius 1 is 1.14 bits per heavy atom. The number of nitrogens with one attached hydrogen (secondary N) is 3. The summed E-state index contributed by atoms with van der Waals surface area (Å²) in [5.74, 6) is -0.454. The van der Waals surface area contributed by atoms with Crippen LogP contribution in [0, 0.1) is 13.8 Å². The molecule has 0 bridgehead atoms. The van der Waals surface area contributed by atoms with E-state index in [1.165, 1.54) is 0 Å². The van der Waals surface area contributed by atoms with E-state index in [-0.39, 0.29) is 25.0 Å². The Morgan fingerprint density at radius 2 is 1.94 bits per heavy atom. The van der Waals surface area contributed by atoms with E-state index in [4.69, 9.17) is 10.1 Å². The minimum absolute atomic E-state index is 0.129. The first-order valence-electron chi connectivity index (χ1n) is 11.2. The van der Waals surface area contributed by atoms with Gasteiger partial charge in [0.1, 0.15) is 5.01 Å². The molecule has 0 unspecified atom stereocenters. The van der Waals surface area contributed by atoms with Crippen molar-refractivity contribution in [1.82, 2.24) is 15.3 Å². The molecule has 1 aliphatic rings. The van der Waals surface area contributed by atoms with Crippen LogP contribution in [-0.4, -0.2) is 40.0 Å². The zero-order valence-corrected chi connectivity index (χ0v) is 20.1. The fourth-order valence-corrected chi connectivity index (χ4v) is 5.11. The van der Waals surface area contributed by atoms with Crippen molar-refractivity contribution in [2.24, 2.45) is 0 Å². The molecule has 0 aliphatic carbocycles. The zero-order chi connectivity index (χ0) is 24.5. The summed E-state index contributed by atoms with van der Waals surface area (Å²) in [7, 11) is 0. The summed E-state index contributed by atoms with van der Waals surface area (Å²) in [5.41, 5.74) is 7.56. The Balaban J connectivity index is 1.50. The minimum Gasteiger partial charge on any atom is -0.395 e. The van der Waals surface area contributed by atoms with E-state index < -0.39 is 0 Å². The van der Waals surface area contributed by atoms with Crippen molar-refractivity contribution in [3.8, 4) is 21.8 Å². The maximum Gasteiger partial charge on any atom is 0.256 e. The summed E-state index contributed by atoms with van der Waals surface area (Å²) >= 11 is 1.58. The van der Waals surface area contributed by atoms with Crippen molar-refractivity contribution < 1.29 is 14.7 Å². The number of aliphatic hydroxyl groups is 1. The number of hydrogen-bond donors (Lipinski definition) is 4. The van der Waals surface area contributed by atoms with Crippen LogP contribution >= 0.6 is 11.3 Å². The molecule has 2 aromatic heterocycles. The summed E-state index contributed by atoms with van der Waals surface area (Å²) in [4.78, 5) is 33.4. The van der Waals surface area contributed by atoms with Gasteiger partial charge in [0, 0.05) is 45.7 Å². The van der Waals surface area contributed by atoms with Crippen molar-refractivity contribution >= 4 is 40.5 Å². The standard InChI is InChI=1S/C27H24N4O3S/c1-15-22(29-16(2)24(15)26(34)28-10-11-32)13-20-19-12-18(8-9-21(19)30-25(20)33)23-14-35-27(31-23)17-6-4-3-5-7-17/h3-9,12-14,29,32H,10-11H2,1-2H3,(H,28,34)(H,30,33)/b20-13-. The summed E-state index contributed by atoms with van der Waals surface area (Å²) < 4.78 is 0. The minimum atomic E-state index is -0.258. The Bertz CT molecular complexity index is 1470. The first kappa shape index (κ1) is 22.8. The van der Waals surface area contributed by atoms with Crippen LogP contribution in [-0.2, 0) is 4.79 Å². The van der Waals surface area contributed by atoms with E-state index in [2.05, 4.69) is 15.6 Å². The number of fused-ring (bicyclic) bond motifs is 1. The molecule has 176 valence electrons. The molecule has 5 rings (SSSR count). The second kappa shape index (κ2) is 9.32. The third-order valence-electron chi connectivity index (χ3n) is 6.01. The van der Waals surface area contributed by atoms with Crippen LogP contribution in [0.4, 0.5) is 5.69 Å². The largest absolute Gasteiger partial charge is 0.395 e. The van der Waals surface area contributed by atoms with Gasteiger partial charge in [-0.25, -0.2) is 4.98 Å². The lowest BCUT2D eigenvalue weighted by Gasteiger charge is -2.04. The molecule has 0 radical (unpaired) electrons. The summed E-state index contributed by atoms with van der Waals surface area (Å²) in [6.07, 6.45) is 1.78. The molecular formula is C27H24N4O3S. The SMILES string of the molecule is Cc1[nH]c(/C=C2\C(=O)Nc3ccc(-c4csc(-c5ccccc5)n4)cc32)c(C)c1C(=O)NCCO. The van der Waals surface area contributed by atoms with Crippen LogP contribution in [0.2, 0.25) is 0 Å². The van der Waals surface area contributed by atoms with E-state index >= 15 is 0 Å². The molecule has 7 nitrogen and oxygen atoms in total. The average Bonchev–Trinajstić information content (AvgIpc) is 3.54. The van der Waals surface area contributed by atoms with Crippen molar-refractivity contribution in [3.05, 3.63) is 82.0 Å². The molecule has 4 aromatic rings. The molecule has 0 saturated heterocycles. The van der Waals surface area contributed by atoms with Crippen LogP contribution in [0.3, 0.4) is 0 Å². The van der Waals surface area contributed by atoms with Gasteiger partial charge in [0.05, 0.1) is 23.4 Å². The van der Waals surface area contributed by atoms with Gasteiger partial charge in [-0.2, -0.15) is 0 Å². The molecule has 1 aliphatic heterocycles. The van der Waals surface area contributed by atoms with Crippen molar-refractivity contribution in [2.45, 2.75) is 13.8 Å². The van der Waals surface area contributed by atoms with Crippen LogP contribution in [0.5, 0.6) is 0 Å². The third kappa shape index (κ3) is 4.29. The van der Waals surface area contributed by atoms with E-state index in [0.717, 1.165) is 38.6 Å². The predicted molar refractivity (Wildman–Crippen MR) is 139 cm³/mol. The molecule has 4 N–H and O–H groups in total. The molecule has 8 heteroatoms. The number of anilines is 1. The van der Waals surface area contributed by atoms with Crippen LogP contribution in [0.1, 0.15) is 32.9 Å². The fourth-order valence-electron chi connectivity index (χ4n) is 4.27. The zero-order valence-electron chi connectivity index (χ0n) is 19.3. The number of aromatic amines is 1. The Labute approximate surface area is 206 Å². The smallest absolute Gasteiger partial charge is 0.256 e. The van der Waals surface area contributed by atoms with Crippen molar-refractivity contribution in [1.29, 1.82) is 0 Å². The molecule has 2 aromatic carbocycles. The number of thiazole rings is 1. The lowest BCUT2D eigenvalue weighted by molar-refractivity contribution is -0.110. The Kier molecular flexibility index (Phi) is 6.07. The van der Waals surface area contributed by atoms with Crippen LogP contribution in [0.15, 0.2) is 53.9 Å². The number of nitrogens with zero attached hydrogens (tertiary/aromatic N) is 1. The van der Waals surface area contributed by atoms with Crippen LogP contribution in [0.25, 0.3) is 33.5 Å². The Morgan fingerprint density at radius 3 is 2.71 bits per heavy atom. The molecule has 3 heterocycles. The topological polar surface area (TPSA) is 107 Å². The predicted octanol–water partition coefficient (Wildman–Crippen LogP) is 4.64. The van der Waals surface area contributed by atoms with Gasteiger partial charge >= 0.3 is 0 Å². The molecule has 0 spiro atoms. The molecule has 0 saturated carbocycles. The number of amides is 2. The lowest BCUT2D eigenvalue weighted by Crippen LogP contribution is -2.27. The molecule has 35 heavy (non-hydrogen) atoms. The number of aryl methyl sites for hydroxylation is 1. The van der Waals surface area contributed by atoms with Gasteiger partial charge in [-0.15, -0.1) is 11.3 Å². The molecule has 0 fully saturated rings. The number of hydrogen-bond acceptors (Lipinski definition) is 5. The second-order valence-corrected chi connectivity index (χ2v) is 9.18. The van der Waals surface area contributed by atoms with Gasteiger partial charge in [-0.3, -0.25) is 9.59 Å². The van der Waals surface area contributed by atoms with Gasteiger partial charge in [0.25, 0.3) is 11.8 Å². The lowest BCUT2D eigenvalue weighted by atomic mass is 10.0. The van der Waals surface area contributed by atoms with Gasteiger partial charge in [-0.05, 0) is 37.6 Å². The van der Waals surface area contributed by atoms with E-state index in [1.807, 2.05) is 67.8 Å². The van der Waals surface area contributed by atoms with E-state index in [9.17, 15) is 9.59 Å². The highest BCUT2D eigenvalue weighted by molar-refractivity contribution is 7.13. The van der Waals surface area contributed by atoms with Gasteiger partial charge in [0.15, 0.2) is 0 Å². The van der Waals surface area contributed by atoms with Crippen LogP contribution < -0.4 is 10.6 Å². The maximum absolute atomic E-state index is 12.8. The summed E-state index contributed by atoms with van der Waals surface area (Å²) in [6.45, 7) is 3.71. The first-order valence-corrected chi connectivity index (χ1v) is 12.1. The van der Waals surface area contributed by atoms with Crippen molar-refractivity contribution in [2.75, 3.05) is 18.5 Å². The van der Waals surface area contributed by atoms with Gasteiger partial charge < -0.3 is 20.7 Å². The highest BCUT2D eigenvalue weighted by Crippen LogP contribution is 2.38. The highest BCUT2D eigenvalue weighted by Gasteiger charge is 2.26. The highest BCUT2D eigenvalue weighted by atomic mass is 32.1. The number of aromatic nitrogens is 2. The first-order chi connectivity index (χ1) is 17.0. The number of aliphatic hydroxyl groups excluding tert-OH is 1. The molecular weight excluding hydrogens is 460 g/mol. The number of benzene rings is 2. The summed E-state index contributed by atoms with van der Waals surface area (Å²) in [5, 5.41) is 17.6. The van der Waals surface area contributed by atoms with Gasteiger partial charge in [-0.1, -0.05) is 36.4 Å². The summed E-state index contributed by atoms with van der Waals surface area (Å²) in [6, 6.07) is 15.9. The van der Waals surface area contributed by atoms with Gasteiger partial charge in [0.2, 0.25) is 0 Å². The third-order valence-corrected chi connectivity index (χ3v) is 6.90. The second-order valence-electron chi connectivity index (χ2n) is 8.32. The van der Waals surface area contributed by atoms with E-state index in [1.54, 1.807) is 17.4 Å². The maximum atomic E-state index is 12.8. The average molecular weight is 485 g/mol. The molecule has 0 atom stereocenters. The number of H-pyrrole nitrogens is 1. The Hall–Kier alpha value is -4.01. The number of carbonyl (C=O) groups excluding carboxylic acids is 2. The van der Waals surface area contributed by atoms with Crippen molar-refractivity contribution in [3.63, 3.8) is 0 Å². The fraction of sp³-hybridized carbons (Fsp3) is 0.148. The quantitative estimate of drug-likeness (QED) is 0.299. The molecule has 2 amide bonds. The number of carbonyl (C=O) groups is 2. The normalized spacial score (nSPS) is 13.7. The monoisotopic (exact) mass is 484 g/mol.